The van der Waals surface area contributed by atoms with Crippen molar-refractivity contribution >= 4 is 27.3 Å². The normalized spacial score (nSPS) is 11.6. The molecule has 0 saturated heterocycles. The zero-order valence-corrected chi connectivity index (χ0v) is 12.7. The molecule has 2 N–H and O–H groups in total. The van der Waals surface area contributed by atoms with E-state index in [0.717, 1.165) is 0 Å². The monoisotopic (exact) mass is 376 g/mol. The number of hydrogen-bond donors (Lipinski definition) is 2. The third kappa shape index (κ3) is 3.06. The Labute approximate surface area is 131 Å². The lowest BCUT2D eigenvalue weighted by molar-refractivity contribution is 0.451. The molecule has 22 heavy (non-hydrogen) atoms. The van der Waals surface area contributed by atoms with Gasteiger partial charge in [0.05, 0.1) is 10.2 Å². The number of nitrogens with zero attached hydrogens (tertiary/aromatic N) is 1. The molecule has 3 nitrogen and oxygen atoms in total. The van der Waals surface area contributed by atoms with Crippen molar-refractivity contribution in [3.05, 3.63) is 57.6 Å². The Hall–Kier alpha value is -2.09. The summed E-state index contributed by atoms with van der Waals surface area (Å²) in [6, 6.07) is 5.83. The Kier molecular flexibility index (Phi) is 4.70. The molecule has 0 unspecified atom stereocenters. The van der Waals surface area contributed by atoms with Gasteiger partial charge in [0.2, 0.25) is 0 Å². The van der Waals surface area contributed by atoms with Gasteiger partial charge in [0.25, 0.3) is 0 Å². The van der Waals surface area contributed by atoms with Crippen LogP contribution in [0.25, 0.3) is 0 Å². The summed E-state index contributed by atoms with van der Waals surface area (Å²) in [5, 5.41) is 12.8. The molecule has 0 aliphatic rings. The number of anilines is 1. The Morgan fingerprint density at radius 1 is 1.00 bits per heavy atom. The van der Waals surface area contributed by atoms with Gasteiger partial charge >= 0.3 is 0 Å². The van der Waals surface area contributed by atoms with Crippen LogP contribution in [0, 0.1) is 23.3 Å². The summed E-state index contributed by atoms with van der Waals surface area (Å²) >= 11 is 2.42. The Balaban J connectivity index is 2.35. The number of hydrazone groups is 1. The van der Waals surface area contributed by atoms with Crippen molar-refractivity contribution in [1.82, 2.24) is 0 Å². The van der Waals surface area contributed by atoms with E-state index in [1.165, 1.54) is 31.2 Å². The van der Waals surface area contributed by atoms with Gasteiger partial charge in [0.1, 0.15) is 11.4 Å². The largest absolute Gasteiger partial charge is 0.508 e. The molecule has 0 amide bonds. The molecule has 0 aliphatic heterocycles. The fraction of sp³-hybridized carbons (Fsp3) is 0.0714. The predicted molar refractivity (Wildman–Crippen MR) is 77.9 cm³/mol. The molecule has 0 aromatic heterocycles. The molecule has 0 radical (unpaired) electrons. The van der Waals surface area contributed by atoms with Crippen LogP contribution >= 0.6 is 15.9 Å². The molecule has 0 bridgehead atoms. The molecule has 8 heteroatoms. The summed E-state index contributed by atoms with van der Waals surface area (Å²) in [7, 11) is 0. The van der Waals surface area contributed by atoms with Crippen molar-refractivity contribution in [3.8, 4) is 5.75 Å². The maximum atomic E-state index is 13.6. The number of phenolic OH excluding ortho intramolecular Hbond substituents is 1. The topological polar surface area (TPSA) is 44.6 Å². The number of benzene rings is 2. The van der Waals surface area contributed by atoms with Crippen molar-refractivity contribution in [2.75, 3.05) is 5.43 Å². The molecule has 0 atom stereocenters. The minimum atomic E-state index is -1.59. The van der Waals surface area contributed by atoms with Crippen molar-refractivity contribution < 1.29 is 22.7 Å². The van der Waals surface area contributed by atoms with Gasteiger partial charge in [-0.25, -0.2) is 17.6 Å². The molecule has 0 heterocycles. The highest BCUT2D eigenvalue weighted by Gasteiger charge is 2.24. The minimum Gasteiger partial charge on any atom is -0.508 e. The Morgan fingerprint density at radius 2 is 1.50 bits per heavy atom. The van der Waals surface area contributed by atoms with Gasteiger partial charge in [-0.2, -0.15) is 5.10 Å². The number of aromatic hydroxyl groups is 1. The first-order chi connectivity index (χ1) is 10.3. The number of phenols is 1. The van der Waals surface area contributed by atoms with Crippen molar-refractivity contribution in [1.29, 1.82) is 0 Å². The minimum absolute atomic E-state index is 0.0404. The van der Waals surface area contributed by atoms with Crippen molar-refractivity contribution in [2.45, 2.75) is 6.92 Å². The second-order valence-electron chi connectivity index (χ2n) is 4.30. The summed E-state index contributed by atoms with van der Waals surface area (Å²) in [4.78, 5) is 0. The molecule has 0 saturated carbocycles. The SMILES string of the molecule is C/C(=N/Nc1c(F)c(F)c(Br)c(F)c1F)c1ccc(O)cc1. The maximum Gasteiger partial charge on any atom is 0.188 e. The quantitative estimate of drug-likeness (QED) is 0.271. The average molecular weight is 377 g/mol. The molecule has 116 valence electrons. The first kappa shape index (κ1) is 16.3. The number of nitrogens with one attached hydrogen (secondary N) is 1. The Morgan fingerprint density at radius 3 is 2.00 bits per heavy atom. The first-order valence-corrected chi connectivity index (χ1v) is 6.73. The van der Waals surface area contributed by atoms with E-state index >= 15 is 0 Å². The average Bonchev–Trinajstić information content (AvgIpc) is 2.51. The van der Waals surface area contributed by atoms with E-state index in [4.69, 9.17) is 5.11 Å². The second kappa shape index (κ2) is 6.35. The molecule has 2 aromatic carbocycles. The van der Waals surface area contributed by atoms with Gasteiger partial charge in [-0.1, -0.05) is 0 Å². The lowest BCUT2D eigenvalue weighted by Crippen LogP contribution is -2.06. The highest BCUT2D eigenvalue weighted by atomic mass is 79.9. The van der Waals surface area contributed by atoms with Crippen molar-refractivity contribution in [2.24, 2.45) is 5.10 Å². The first-order valence-electron chi connectivity index (χ1n) is 5.94. The van der Waals surface area contributed by atoms with E-state index in [2.05, 4.69) is 21.0 Å². The van der Waals surface area contributed by atoms with Crippen LogP contribution in [0.3, 0.4) is 0 Å². The van der Waals surface area contributed by atoms with E-state index in [1.807, 2.05) is 5.43 Å². The highest BCUT2D eigenvalue weighted by molar-refractivity contribution is 9.10. The van der Waals surface area contributed by atoms with Gasteiger partial charge in [-0.15, -0.1) is 0 Å². The second-order valence-corrected chi connectivity index (χ2v) is 5.09. The number of hydrogen-bond acceptors (Lipinski definition) is 3. The van der Waals surface area contributed by atoms with Gasteiger partial charge in [0.15, 0.2) is 23.3 Å². The predicted octanol–water partition coefficient (Wildman–Crippen LogP) is 4.55. The lowest BCUT2D eigenvalue weighted by atomic mass is 10.1. The molecular formula is C14H9BrF4N2O. The molecule has 0 spiro atoms. The van der Waals surface area contributed by atoms with Crippen LogP contribution in [0.4, 0.5) is 23.2 Å². The summed E-state index contributed by atoms with van der Waals surface area (Å²) in [6.07, 6.45) is 0. The third-order valence-electron chi connectivity index (χ3n) is 2.83. The van der Waals surface area contributed by atoms with Crippen LogP contribution < -0.4 is 5.43 Å². The number of halogens is 5. The van der Waals surface area contributed by atoms with Crippen molar-refractivity contribution in [3.63, 3.8) is 0 Å². The van der Waals surface area contributed by atoms with Crippen LogP contribution in [0.5, 0.6) is 5.75 Å². The molecule has 0 fully saturated rings. The maximum absolute atomic E-state index is 13.6. The van der Waals surface area contributed by atoms with E-state index < -0.39 is 33.4 Å². The van der Waals surface area contributed by atoms with Crippen LogP contribution in [-0.2, 0) is 0 Å². The fourth-order valence-corrected chi connectivity index (χ4v) is 1.96. The van der Waals surface area contributed by atoms with Crippen LogP contribution in [0.15, 0.2) is 33.8 Å². The zero-order chi connectivity index (χ0) is 16.4. The van der Waals surface area contributed by atoms with E-state index in [-0.39, 0.29) is 5.75 Å². The van der Waals surface area contributed by atoms with Gasteiger partial charge in [-0.3, -0.25) is 5.43 Å². The highest BCUT2D eigenvalue weighted by Crippen LogP contribution is 2.31. The van der Waals surface area contributed by atoms with Gasteiger partial charge < -0.3 is 5.11 Å². The van der Waals surface area contributed by atoms with Gasteiger partial charge in [0, 0.05) is 0 Å². The molecule has 2 rings (SSSR count). The van der Waals surface area contributed by atoms with E-state index in [0.29, 0.717) is 11.3 Å². The molecule has 2 aromatic rings. The van der Waals surface area contributed by atoms with Crippen LogP contribution in [0.1, 0.15) is 12.5 Å². The lowest BCUT2D eigenvalue weighted by Gasteiger charge is -2.09. The smallest absolute Gasteiger partial charge is 0.188 e. The summed E-state index contributed by atoms with van der Waals surface area (Å²) < 4.78 is 53.1. The van der Waals surface area contributed by atoms with Crippen LogP contribution in [-0.4, -0.2) is 10.8 Å². The van der Waals surface area contributed by atoms with E-state index in [1.54, 1.807) is 0 Å². The van der Waals surface area contributed by atoms with Crippen LogP contribution in [0.2, 0.25) is 0 Å². The fourth-order valence-electron chi connectivity index (χ4n) is 1.61. The molecule has 0 aliphatic carbocycles. The van der Waals surface area contributed by atoms with E-state index in [9.17, 15) is 17.6 Å². The molecular weight excluding hydrogens is 368 g/mol. The standard InChI is InChI=1S/C14H9BrF4N2O/c1-6(7-2-4-8(22)5-3-7)20-21-14-12(18)10(16)9(15)11(17)13(14)19/h2-5,21-22H,1H3/b20-6-. The summed E-state index contributed by atoms with van der Waals surface area (Å²) in [5.74, 6) is -6.25. The Bertz CT molecular complexity index is 718. The van der Waals surface area contributed by atoms with Gasteiger partial charge in [-0.05, 0) is 52.7 Å². The number of rotatable bonds is 3. The third-order valence-corrected chi connectivity index (χ3v) is 3.53. The summed E-state index contributed by atoms with van der Waals surface area (Å²) in [6.45, 7) is 1.51. The zero-order valence-electron chi connectivity index (χ0n) is 11.1. The summed E-state index contributed by atoms with van der Waals surface area (Å²) in [5.41, 5.74) is 1.79.